The van der Waals surface area contributed by atoms with E-state index in [-0.39, 0.29) is 5.54 Å². The Morgan fingerprint density at radius 3 is 2.35 bits per heavy atom. The highest BCUT2D eigenvalue weighted by molar-refractivity contribution is 5.49. The van der Waals surface area contributed by atoms with Crippen LogP contribution in [0.4, 0.5) is 5.69 Å². The van der Waals surface area contributed by atoms with Crippen LogP contribution in [-0.2, 0) is 6.54 Å². The Hall–Kier alpha value is -1.02. The highest BCUT2D eigenvalue weighted by atomic mass is 15.2. The van der Waals surface area contributed by atoms with Crippen LogP contribution in [-0.4, -0.2) is 18.1 Å². The molecule has 0 aliphatic carbocycles. The summed E-state index contributed by atoms with van der Waals surface area (Å²) in [6.07, 6.45) is 2.63. The molecule has 1 N–H and O–H groups in total. The Bertz CT molecular complexity index is 416. The summed E-state index contributed by atoms with van der Waals surface area (Å²) in [5, 5.41) is 3.54. The predicted molar refractivity (Wildman–Crippen MR) is 88.2 cm³/mol. The van der Waals surface area contributed by atoms with Gasteiger partial charge in [-0.3, -0.25) is 0 Å². The number of nitrogens with zero attached hydrogens (tertiary/aromatic N) is 1. The van der Waals surface area contributed by atoms with Crippen LogP contribution in [0, 0.1) is 5.92 Å². The summed E-state index contributed by atoms with van der Waals surface area (Å²) in [4.78, 5) is 2.56. The van der Waals surface area contributed by atoms with E-state index < -0.39 is 0 Å². The molecule has 20 heavy (non-hydrogen) atoms. The highest BCUT2D eigenvalue weighted by Gasteiger charge is 2.22. The number of benzene rings is 1. The summed E-state index contributed by atoms with van der Waals surface area (Å²) < 4.78 is 0. The van der Waals surface area contributed by atoms with E-state index in [0.717, 1.165) is 12.5 Å². The highest BCUT2D eigenvalue weighted by Crippen LogP contribution is 2.27. The summed E-state index contributed by atoms with van der Waals surface area (Å²) in [5.74, 6) is 0.872. The molecule has 112 valence electrons. The lowest BCUT2D eigenvalue weighted by Crippen LogP contribution is -2.40. The number of hydrogen-bond acceptors (Lipinski definition) is 2. The second-order valence-corrected chi connectivity index (χ2v) is 7.44. The van der Waals surface area contributed by atoms with Gasteiger partial charge in [0.2, 0.25) is 0 Å². The van der Waals surface area contributed by atoms with Crippen LogP contribution in [0.1, 0.15) is 53.0 Å². The van der Waals surface area contributed by atoms with Crippen LogP contribution in [0.5, 0.6) is 0 Å². The third-order valence-corrected chi connectivity index (χ3v) is 4.23. The van der Waals surface area contributed by atoms with Crippen molar-refractivity contribution >= 4 is 5.69 Å². The van der Waals surface area contributed by atoms with Crippen molar-refractivity contribution in [1.29, 1.82) is 0 Å². The molecule has 1 aromatic rings. The molecule has 1 aliphatic heterocycles. The van der Waals surface area contributed by atoms with Gasteiger partial charge in [-0.1, -0.05) is 19.1 Å². The van der Waals surface area contributed by atoms with Crippen molar-refractivity contribution in [2.24, 2.45) is 5.92 Å². The van der Waals surface area contributed by atoms with E-state index in [1.165, 1.54) is 30.6 Å². The molecule has 1 aliphatic rings. The molecule has 2 unspecified atom stereocenters. The lowest BCUT2D eigenvalue weighted by molar-refractivity contribution is 0.378. The van der Waals surface area contributed by atoms with E-state index in [0.29, 0.717) is 6.04 Å². The van der Waals surface area contributed by atoms with Crippen LogP contribution in [0.2, 0.25) is 0 Å². The van der Waals surface area contributed by atoms with E-state index in [1.54, 1.807) is 0 Å². The lowest BCUT2D eigenvalue weighted by atomic mass is 9.93. The van der Waals surface area contributed by atoms with Gasteiger partial charge in [0, 0.05) is 30.4 Å². The quantitative estimate of drug-likeness (QED) is 0.888. The van der Waals surface area contributed by atoms with Crippen molar-refractivity contribution in [3.8, 4) is 0 Å². The molecule has 1 fully saturated rings. The molecule has 1 heterocycles. The van der Waals surface area contributed by atoms with Gasteiger partial charge >= 0.3 is 0 Å². The summed E-state index contributed by atoms with van der Waals surface area (Å²) in [5.41, 5.74) is 2.92. The zero-order chi connectivity index (χ0) is 14.8. The fourth-order valence-electron chi connectivity index (χ4n) is 2.96. The van der Waals surface area contributed by atoms with Crippen LogP contribution in [0.15, 0.2) is 24.3 Å². The van der Waals surface area contributed by atoms with Crippen LogP contribution >= 0.6 is 0 Å². The SMILES string of the molecule is CC1CCN(c2ccc(CNC(C)(C)C)cc2)C(C)C1. The van der Waals surface area contributed by atoms with Gasteiger partial charge in [-0.25, -0.2) is 0 Å². The molecular weight excluding hydrogens is 244 g/mol. The number of hydrogen-bond donors (Lipinski definition) is 1. The van der Waals surface area contributed by atoms with E-state index in [2.05, 4.69) is 69.1 Å². The molecule has 2 nitrogen and oxygen atoms in total. The van der Waals surface area contributed by atoms with Crippen LogP contribution in [0.3, 0.4) is 0 Å². The first-order valence-corrected chi connectivity index (χ1v) is 7.96. The maximum absolute atomic E-state index is 3.54. The maximum Gasteiger partial charge on any atom is 0.0368 e. The third kappa shape index (κ3) is 4.24. The Morgan fingerprint density at radius 1 is 1.15 bits per heavy atom. The van der Waals surface area contributed by atoms with E-state index in [1.807, 2.05) is 0 Å². The Morgan fingerprint density at radius 2 is 1.80 bits per heavy atom. The standard InChI is InChI=1S/C18H30N2/c1-14-10-11-20(15(2)12-14)17-8-6-16(7-9-17)13-19-18(3,4)5/h6-9,14-15,19H,10-13H2,1-5H3. The Balaban J connectivity index is 1.97. The number of rotatable bonds is 3. The predicted octanol–water partition coefficient (Wildman–Crippen LogP) is 4.20. The van der Waals surface area contributed by atoms with Crippen molar-refractivity contribution in [1.82, 2.24) is 5.32 Å². The van der Waals surface area contributed by atoms with Gasteiger partial charge in [0.15, 0.2) is 0 Å². The first-order chi connectivity index (χ1) is 9.35. The fourth-order valence-corrected chi connectivity index (χ4v) is 2.96. The van der Waals surface area contributed by atoms with Gasteiger partial charge in [-0.15, -0.1) is 0 Å². The smallest absolute Gasteiger partial charge is 0.0368 e. The van der Waals surface area contributed by atoms with Crippen molar-refractivity contribution < 1.29 is 0 Å². The molecule has 2 atom stereocenters. The average molecular weight is 274 g/mol. The van der Waals surface area contributed by atoms with Gasteiger partial charge in [0.25, 0.3) is 0 Å². The lowest BCUT2D eigenvalue weighted by Gasteiger charge is -2.38. The summed E-state index contributed by atoms with van der Waals surface area (Å²) in [6, 6.07) is 9.76. The molecule has 1 aromatic carbocycles. The average Bonchev–Trinajstić information content (AvgIpc) is 2.36. The molecule has 0 spiro atoms. The topological polar surface area (TPSA) is 15.3 Å². The van der Waals surface area contributed by atoms with Crippen LogP contribution in [0.25, 0.3) is 0 Å². The first kappa shape index (κ1) is 15.4. The molecule has 0 amide bonds. The van der Waals surface area contributed by atoms with E-state index >= 15 is 0 Å². The second kappa shape index (κ2) is 6.17. The molecule has 0 saturated carbocycles. The minimum absolute atomic E-state index is 0.177. The molecule has 2 heteroatoms. The van der Waals surface area contributed by atoms with E-state index in [4.69, 9.17) is 0 Å². The van der Waals surface area contributed by atoms with Crippen LogP contribution < -0.4 is 10.2 Å². The number of anilines is 1. The number of piperidine rings is 1. The van der Waals surface area contributed by atoms with Crippen molar-refractivity contribution in [2.75, 3.05) is 11.4 Å². The summed E-state index contributed by atoms with van der Waals surface area (Å²) >= 11 is 0. The Labute approximate surface area is 124 Å². The van der Waals surface area contributed by atoms with Gasteiger partial charge in [0.05, 0.1) is 0 Å². The van der Waals surface area contributed by atoms with Gasteiger partial charge in [-0.2, -0.15) is 0 Å². The molecular formula is C18H30N2. The zero-order valence-electron chi connectivity index (χ0n) is 13.7. The monoisotopic (exact) mass is 274 g/mol. The zero-order valence-corrected chi connectivity index (χ0v) is 13.7. The minimum Gasteiger partial charge on any atom is -0.369 e. The molecule has 0 aromatic heterocycles. The summed E-state index contributed by atoms with van der Waals surface area (Å²) in [7, 11) is 0. The normalized spacial score (nSPS) is 23.9. The van der Waals surface area contributed by atoms with Gasteiger partial charge in [-0.05, 0) is 64.2 Å². The number of nitrogens with one attached hydrogen (secondary N) is 1. The Kier molecular flexibility index (Phi) is 4.74. The molecule has 1 saturated heterocycles. The van der Waals surface area contributed by atoms with E-state index in [9.17, 15) is 0 Å². The second-order valence-electron chi connectivity index (χ2n) is 7.44. The van der Waals surface area contributed by atoms with Crippen molar-refractivity contribution in [3.63, 3.8) is 0 Å². The van der Waals surface area contributed by atoms with Gasteiger partial charge < -0.3 is 10.2 Å². The molecule has 0 bridgehead atoms. The maximum atomic E-state index is 3.54. The van der Waals surface area contributed by atoms with Crippen molar-refractivity contribution in [2.45, 2.75) is 65.6 Å². The fraction of sp³-hybridized carbons (Fsp3) is 0.667. The largest absolute Gasteiger partial charge is 0.369 e. The minimum atomic E-state index is 0.177. The third-order valence-electron chi connectivity index (χ3n) is 4.23. The van der Waals surface area contributed by atoms with Gasteiger partial charge in [0.1, 0.15) is 0 Å². The van der Waals surface area contributed by atoms with Crippen molar-refractivity contribution in [3.05, 3.63) is 29.8 Å². The molecule has 0 radical (unpaired) electrons. The molecule has 2 rings (SSSR count). The first-order valence-electron chi connectivity index (χ1n) is 7.96. The summed E-state index contributed by atoms with van der Waals surface area (Å²) in [6.45, 7) is 13.5.